The van der Waals surface area contributed by atoms with Crippen LogP contribution in [-0.4, -0.2) is 66.8 Å². The Hall–Kier alpha value is -2.53. The van der Waals surface area contributed by atoms with Gasteiger partial charge in [0.25, 0.3) is 5.91 Å². The minimum atomic E-state index is -3.16. The molecule has 1 saturated heterocycles. The van der Waals surface area contributed by atoms with Crippen molar-refractivity contribution in [3.05, 3.63) is 35.6 Å². The average molecular weight is 409 g/mol. The summed E-state index contributed by atoms with van der Waals surface area (Å²) in [5.41, 5.74) is 0.435. The summed E-state index contributed by atoms with van der Waals surface area (Å²) in [7, 11) is -1.65. The van der Waals surface area contributed by atoms with E-state index in [2.05, 4.69) is 20.4 Å². The van der Waals surface area contributed by atoms with Crippen molar-refractivity contribution in [3.8, 4) is 5.88 Å². The van der Waals surface area contributed by atoms with Crippen LogP contribution in [0.25, 0.3) is 0 Å². The number of nitrogens with zero attached hydrogens (tertiary/aromatic N) is 4. The van der Waals surface area contributed by atoms with Gasteiger partial charge in [0.15, 0.2) is 5.82 Å². The molecule has 10 nitrogen and oxygen atoms in total. The number of carbonyl (C=O) groups excluding carboxylic acids is 1. The number of hydrogen-bond donors (Lipinski definition) is 1. The Kier molecular flexibility index (Phi) is 6.25. The fourth-order valence-electron chi connectivity index (χ4n) is 3.00. The zero-order valence-electron chi connectivity index (χ0n) is 15.8. The lowest BCUT2D eigenvalue weighted by Crippen LogP contribution is -2.37. The second-order valence-corrected chi connectivity index (χ2v) is 8.56. The van der Waals surface area contributed by atoms with Crippen molar-refractivity contribution in [1.82, 2.24) is 24.7 Å². The van der Waals surface area contributed by atoms with E-state index in [1.54, 1.807) is 12.1 Å². The number of nitrogens with one attached hydrogen (secondary N) is 1. The number of ether oxygens (including phenoxy) is 1. The van der Waals surface area contributed by atoms with Crippen LogP contribution in [0.2, 0.25) is 0 Å². The molecule has 0 atom stereocenters. The van der Waals surface area contributed by atoms with E-state index in [9.17, 15) is 13.2 Å². The third kappa shape index (κ3) is 5.04. The smallest absolute Gasteiger partial charge is 0.252 e. The van der Waals surface area contributed by atoms with Gasteiger partial charge in [0, 0.05) is 44.2 Å². The largest absolute Gasteiger partial charge is 0.481 e. The van der Waals surface area contributed by atoms with Crippen molar-refractivity contribution < 1.29 is 22.5 Å². The van der Waals surface area contributed by atoms with E-state index in [-0.39, 0.29) is 11.8 Å². The highest BCUT2D eigenvalue weighted by Crippen LogP contribution is 2.26. The molecule has 152 valence electrons. The van der Waals surface area contributed by atoms with Gasteiger partial charge < -0.3 is 14.6 Å². The summed E-state index contributed by atoms with van der Waals surface area (Å²) < 4.78 is 34.8. The fourth-order valence-corrected chi connectivity index (χ4v) is 3.88. The first-order valence-corrected chi connectivity index (χ1v) is 10.8. The van der Waals surface area contributed by atoms with Crippen molar-refractivity contribution in [3.63, 3.8) is 0 Å². The summed E-state index contributed by atoms with van der Waals surface area (Å²) in [4.78, 5) is 20.5. The summed E-state index contributed by atoms with van der Waals surface area (Å²) >= 11 is 0. The highest BCUT2D eigenvalue weighted by molar-refractivity contribution is 7.88. The van der Waals surface area contributed by atoms with Crippen molar-refractivity contribution in [2.75, 3.05) is 33.0 Å². The van der Waals surface area contributed by atoms with E-state index in [4.69, 9.17) is 9.26 Å². The Morgan fingerprint density at radius 3 is 2.71 bits per heavy atom. The molecule has 1 N–H and O–H groups in total. The van der Waals surface area contributed by atoms with Gasteiger partial charge in [-0.1, -0.05) is 5.16 Å². The van der Waals surface area contributed by atoms with Crippen LogP contribution in [0.15, 0.2) is 22.9 Å². The number of rotatable bonds is 7. The van der Waals surface area contributed by atoms with Crippen LogP contribution in [0.5, 0.6) is 5.88 Å². The van der Waals surface area contributed by atoms with Gasteiger partial charge in [-0.15, -0.1) is 0 Å². The monoisotopic (exact) mass is 409 g/mol. The molecule has 1 amide bonds. The molecule has 0 bridgehead atoms. The maximum Gasteiger partial charge on any atom is 0.252 e. The van der Waals surface area contributed by atoms with Crippen LogP contribution in [0.1, 0.15) is 40.8 Å². The highest BCUT2D eigenvalue weighted by Gasteiger charge is 2.28. The Balaban J connectivity index is 1.46. The molecule has 0 unspecified atom stereocenters. The summed E-state index contributed by atoms with van der Waals surface area (Å²) in [6, 6.07) is 3.25. The van der Waals surface area contributed by atoms with Crippen LogP contribution < -0.4 is 10.1 Å². The second-order valence-electron chi connectivity index (χ2n) is 6.58. The molecule has 28 heavy (non-hydrogen) atoms. The third-order valence-corrected chi connectivity index (χ3v) is 5.91. The zero-order valence-corrected chi connectivity index (χ0v) is 16.6. The molecule has 0 aromatic carbocycles. The summed E-state index contributed by atoms with van der Waals surface area (Å²) in [5.74, 6) is 1.30. The number of piperidine rings is 1. The van der Waals surface area contributed by atoms with Crippen LogP contribution in [-0.2, 0) is 16.4 Å². The lowest BCUT2D eigenvalue weighted by atomic mass is 9.97. The summed E-state index contributed by atoms with van der Waals surface area (Å²) in [6.45, 7) is 1.26. The molecular weight excluding hydrogens is 386 g/mol. The Labute approximate surface area is 163 Å². The molecule has 0 radical (unpaired) electrons. The molecule has 0 saturated carbocycles. The Morgan fingerprint density at radius 2 is 2.11 bits per heavy atom. The molecule has 11 heteroatoms. The lowest BCUT2D eigenvalue weighted by molar-refractivity contribution is 0.0953. The first-order chi connectivity index (χ1) is 13.4. The number of amides is 1. The number of methoxy groups -OCH3 is 1. The van der Waals surface area contributed by atoms with Gasteiger partial charge in [-0.3, -0.25) is 4.79 Å². The molecule has 0 aliphatic carbocycles. The second kappa shape index (κ2) is 8.65. The highest BCUT2D eigenvalue weighted by atomic mass is 32.2. The SMILES string of the molecule is COc1ccc(C(=O)NCCc2nc(C3CCN(S(C)(=O)=O)CC3)no2)cn1. The normalized spacial score (nSPS) is 16.1. The third-order valence-electron chi connectivity index (χ3n) is 4.60. The Morgan fingerprint density at radius 1 is 1.36 bits per heavy atom. The van der Waals surface area contributed by atoms with Crippen molar-refractivity contribution in [2.24, 2.45) is 0 Å². The minimum Gasteiger partial charge on any atom is -0.481 e. The van der Waals surface area contributed by atoms with E-state index in [1.807, 2.05) is 0 Å². The Bertz CT molecular complexity index is 904. The predicted molar refractivity (Wildman–Crippen MR) is 99.5 cm³/mol. The summed E-state index contributed by atoms with van der Waals surface area (Å²) in [5, 5.41) is 6.79. The number of carbonyl (C=O) groups is 1. The van der Waals surface area contributed by atoms with Gasteiger partial charge >= 0.3 is 0 Å². The van der Waals surface area contributed by atoms with Crippen molar-refractivity contribution >= 4 is 15.9 Å². The van der Waals surface area contributed by atoms with Gasteiger partial charge in [-0.25, -0.2) is 17.7 Å². The number of sulfonamides is 1. The molecule has 2 aromatic rings. The zero-order chi connectivity index (χ0) is 20.1. The number of aromatic nitrogens is 3. The molecular formula is C17H23N5O5S. The van der Waals surface area contributed by atoms with E-state index >= 15 is 0 Å². The maximum atomic E-state index is 12.1. The first-order valence-electron chi connectivity index (χ1n) is 8.92. The molecule has 1 aliphatic rings. The van der Waals surface area contributed by atoms with Crippen molar-refractivity contribution in [1.29, 1.82) is 0 Å². The minimum absolute atomic E-state index is 0.0791. The van der Waals surface area contributed by atoms with E-state index in [1.165, 1.54) is 23.9 Å². The molecule has 0 spiro atoms. The van der Waals surface area contributed by atoms with E-state index in [0.717, 1.165) is 0 Å². The van der Waals surface area contributed by atoms with Gasteiger partial charge in [0.05, 0.1) is 18.9 Å². The maximum absolute atomic E-state index is 12.1. The van der Waals surface area contributed by atoms with Crippen LogP contribution in [0.4, 0.5) is 0 Å². The predicted octanol–water partition coefficient (Wildman–Crippen LogP) is 0.585. The van der Waals surface area contributed by atoms with Crippen LogP contribution >= 0.6 is 0 Å². The standard InChI is InChI=1S/C17H23N5O5S/c1-26-14-4-3-13(11-19-14)17(23)18-8-5-15-20-16(21-27-15)12-6-9-22(10-7-12)28(2,24)25/h3-4,11-12H,5-10H2,1-2H3,(H,18,23). The molecule has 1 aliphatic heterocycles. The van der Waals surface area contributed by atoms with Crippen molar-refractivity contribution in [2.45, 2.75) is 25.2 Å². The van der Waals surface area contributed by atoms with Gasteiger partial charge in [-0.05, 0) is 18.9 Å². The van der Waals surface area contributed by atoms with E-state index < -0.39 is 10.0 Å². The molecule has 3 heterocycles. The number of hydrogen-bond acceptors (Lipinski definition) is 8. The summed E-state index contributed by atoms with van der Waals surface area (Å²) in [6.07, 6.45) is 4.39. The molecule has 3 rings (SSSR count). The van der Waals surface area contributed by atoms with Gasteiger partial charge in [0.2, 0.25) is 21.8 Å². The van der Waals surface area contributed by atoms with E-state index in [0.29, 0.717) is 62.1 Å². The van der Waals surface area contributed by atoms with Gasteiger partial charge in [-0.2, -0.15) is 4.98 Å². The quantitative estimate of drug-likeness (QED) is 0.704. The molecule has 2 aromatic heterocycles. The first kappa shape index (κ1) is 20.2. The van der Waals surface area contributed by atoms with Gasteiger partial charge in [0.1, 0.15) is 0 Å². The number of pyridine rings is 1. The van der Waals surface area contributed by atoms with Crippen LogP contribution in [0, 0.1) is 0 Å². The topological polar surface area (TPSA) is 128 Å². The van der Waals surface area contributed by atoms with Crippen LogP contribution in [0.3, 0.4) is 0 Å². The average Bonchev–Trinajstić information content (AvgIpc) is 3.16. The fraction of sp³-hybridized carbons (Fsp3) is 0.529. The molecule has 1 fully saturated rings. The lowest BCUT2D eigenvalue weighted by Gasteiger charge is -2.28.